The molecule has 0 aliphatic heterocycles. The highest BCUT2D eigenvalue weighted by atomic mass is 16.3. The Kier molecular flexibility index (Phi) is 8.32. The van der Waals surface area contributed by atoms with Crippen LogP contribution < -0.4 is 5.73 Å². The van der Waals surface area contributed by atoms with Gasteiger partial charge < -0.3 is 10.8 Å². The normalized spacial score (nSPS) is 16.5. The summed E-state index contributed by atoms with van der Waals surface area (Å²) in [6.45, 7) is 6.30. The Morgan fingerprint density at radius 1 is 1.13 bits per heavy atom. The van der Waals surface area contributed by atoms with Crippen molar-refractivity contribution in [2.75, 3.05) is 6.61 Å². The van der Waals surface area contributed by atoms with Crippen LogP contribution in [0.15, 0.2) is 30.3 Å². The number of benzene rings is 1. The average Bonchev–Trinajstić information content (AvgIpc) is 2.57. The summed E-state index contributed by atoms with van der Waals surface area (Å²) in [4.78, 5) is 12.2. The molecule has 0 aliphatic rings. The largest absolute Gasteiger partial charge is 0.396 e. The number of nitrogens with two attached hydrogens (primary N) is 1. The minimum Gasteiger partial charge on any atom is -0.396 e. The summed E-state index contributed by atoms with van der Waals surface area (Å²) < 4.78 is 0. The standard InChI is InChI=1S/C20H33NO2/c1-4-7-12-16(11-5-2)20(6-3,18(15-22)19(21)23)17-13-9-8-10-14-17/h8-10,13-14,16,18,22H,4-7,11-12,15H2,1-3H3,(H2,21,23). The van der Waals surface area contributed by atoms with Crippen LogP contribution in [0.1, 0.15) is 64.9 Å². The van der Waals surface area contributed by atoms with Crippen LogP contribution in [0.3, 0.4) is 0 Å². The smallest absolute Gasteiger partial charge is 0.223 e. The molecule has 1 aromatic rings. The van der Waals surface area contributed by atoms with Gasteiger partial charge in [0, 0.05) is 5.41 Å². The van der Waals surface area contributed by atoms with E-state index in [-0.39, 0.29) is 12.0 Å². The van der Waals surface area contributed by atoms with Crippen molar-refractivity contribution in [3.05, 3.63) is 35.9 Å². The molecule has 0 saturated heterocycles. The first-order valence-electron chi connectivity index (χ1n) is 9.04. The Bertz CT molecular complexity index is 460. The minimum absolute atomic E-state index is 0.190. The van der Waals surface area contributed by atoms with Gasteiger partial charge in [0.05, 0.1) is 12.5 Å². The van der Waals surface area contributed by atoms with E-state index in [4.69, 9.17) is 5.73 Å². The van der Waals surface area contributed by atoms with Crippen molar-refractivity contribution >= 4 is 5.91 Å². The van der Waals surface area contributed by atoms with Crippen LogP contribution in [-0.4, -0.2) is 17.6 Å². The molecule has 0 saturated carbocycles. The molecule has 0 spiro atoms. The first-order chi connectivity index (χ1) is 11.1. The quantitative estimate of drug-likeness (QED) is 0.646. The Hall–Kier alpha value is -1.35. The van der Waals surface area contributed by atoms with Crippen molar-refractivity contribution in [3.63, 3.8) is 0 Å². The minimum atomic E-state index is -0.539. The molecular formula is C20H33NO2. The third-order valence-corrected chi connectivity index (χ3v) is 5.32. The predicted molar refractivity (Wildman–Crippen MR) is 96.1 cm³/mol. The van der Waals surface area contributed by atoms with Crippen molar-refractivity contribution < 1.29 is 9.90 Å². The zero-order chi connectivity index (χ0) is 17.3. The lowest BCUT2D eigenvalue weighted by Crippen LogP contribution is -2.49. The molecule has 3 heteroatoms. The molecule has 3 atom stereocenters. The van der Waals surface area contributed by atoms with E-state index in [1.165, 1.54) is 0 Å². The van der Waals surface area contributed by atoms with Gasteiger partial charge in [-0.15, -0.1) is 0 Å². The fourth-order valence-electron chi connectivity index (χ4n) is 4.17. The first kappa shape index (κ1) is 19.7. The molecule has 0 bridgehead atoms. The molecule has 3 nitrogen and oxygen atoms in total. The van der Waals surface area contributed by atoms with E-state index in [9.17, 15) is 9.90 Å². The molecule has 3 N–H and O–H groups in total. The van der Waals surface area contributed by atoms with Crippen molar-refractivity contribution in [3.8, 4) is 0 Å². The second-order valence-electron chi connectivity index (χ2n) is 6.53. The molecule has 0 radical (unpaired) electrons. The Balaban J connectivity index is 3.45. The molecule has 0 aliphatic carbocycles. The highest BCUT2D eigenvalue weighted by molar-refractivity contribution is 5.79. The zero-order valence-corrected chi connectivity index (χ0v) is 14.9. The molecular weight excluding hydrogens is 286 g/mol. The van der Waals surface area contributed by atoms with Gasteiger partial charge in [0.15, 0.2) is 0 Å². The SMILES string of the molecule is CCCCC(CCC)C(CC)(c1ccccc1)C(CO)C(N)=O. The van der Waals surface area contributed by atoms with E-state index in [1.807, 2.05) is 18.2 Å². The molecule has 0 heterocycles. The van der Waals surface area contributed by atoms with Gasteiger partial charge in [-0.3, -0.25) is 4.79 Å². The van der Waals surface area contributed by atoms with E-state index in [2.05, 4.69) is 32.9 Å². The summed E-state index contributed by atoms with van der Waals surface area (Å²) >= 11 is 0. The fourth-order valence-corrected chi connectivity index (χ4v) is 4.17. The van der Waals surface area contributed by atoms with Crippen LogP contribution >= 0.6 is 0 Å². The van der Waals surface area contributed by atoms with E-state index in [0.717, 1.165) is 44.1 Å². The number of rotatable bonds is 11. The van der Waals surface area contributed by atoms with E-state index in [0.29, 0.717) is 5.92 Å². The number of hydrogen-bond donors (Lipinski definition) is 2. The fraction of sp³-hybridized carbons (Fsp3) is 0.650. The Morgan fingerprint density at radius 2 is 1.78 bits per heavy atom. The number of unbranched alkanes of at least 4 members (excludes halogenated alkanes) is 1. The van der Waals surface area contributed by atoms with Crippen LogP contribution in [0.25, 0.3) is 0 Å². The molecule has 1 amide bonds. The summed E-state index contributed by atoms with van der Waals surface area (Å²) in [6.07, 6.45) is 6.26. The second kappa shape index (κ2) is 9.71. The second-order valence-corrected chi connectivity index (χ2v) is 6.53. The van der Waals surface area contributed by atoms with Crippen molar-refractivity contribution in [2.24, 2.45) is 17.6 Å². The van der Waals surface area contributed by atoms with Gasteiger partial charge in [0.2, 0.25) is 5.91 Å². The summed E-state index contributed by atoms with van der Waals surface area (Å²) in [6, 6.07) is 10.2. The van der Waals surface area contributed by atoms with Gasteiger partial charge in [-0.2, -0.15) is 0 Å². The van der Waals surface area contributed by atoms with Crippen molar-refractivity contribution in [1.82, 2.24) is 0 Å². The number of primary amides is 1. The lowest BCUT2D eigenvalue weighted by molar-refractivity contribution is -0.127. The number of aliphatic hydroxyl groups is 1. The molecule has 0 fully saturated rings. The topological polar surface area (TPSA) is 63.3 Å². The van der Waals surface area contributed by atoms with Crippen LogP contribution in [0.2, 0.25) is 0 Å². The Morgan fingerprint density at radius 3 is 2.22 bits per heavy atom. The zero-order valence-electron chi connectivity index (χ0n) is 14.9. The average molecular weight is 319 g/mol. The maximum Gasteiger partial charge on any atom is 0.223 e. The van der Waals surface area contributed by atoms with Crippen molar-refractivity contribution in [2.45, 2.75) is 64.7 Å². The highest BCUT2D eigenvalue weighted by Crippen LogP contribution is 2.46. The molecule has 1 aromatic carbocycles. The lowest BCUT2D eigenvalue weighted by atomic mass is 9.58. The van der Waals surface area contributed by atoms with Gasteiger partial charge in [-0.1, -0.05) is 70.4 Å². The summed E-state index contributed by atoms with van der Waals surface area (Å²) in [7, 11) is 0. The van der Waals surface area contributed by atoms with Crippen LogP contribution in [0.4, 0.5) is 0 Å². The van der Waals surface area contributed by atoms with E-state index in [1.54, 1.807) is 0 Å². The first-order valence-corrected chi connectivity index (χ1v) is 9.04. The summed E-state index contributed by atoms with van der Waals surface area (Å²) in [5.74, 6) is -0.580. The van der Waals surface area contributed by atoms with Crippen LogP contribution in [0, 0.1) is 11.8 Å². The number of carbonyl (C=O) groups excluding carboxylic acids is 1. The maximum atomic E-state index is 12.2. The molecule has 23 heavy (non-hydrogen) atoms. The third kappa shape index (κ3) is 4.35. The third-order valence-electron chi connectivity index (χ3n) is 5.32. The highest BCUT2D eigenvalue weighted by Gasteiger charge is 2.46. The number of aliphatic hydroxyl groups excluding tert-OH is 1. The number of carbonyl (C=O) groups is 1. The van der Waals surface area contributed by atoms with Gasteiger partial charge in [-0.25, -0.2) is 0 Å². The van der Waals surface area contributed by atoms with Gasteiger partial charge in [0.1, 0.15) is 0 Å². The molecule has 1 rings (SSSR count). The summed E-state index contributed by atoms with van der Waals surface area (Å²) in [5, 5.41) is 9.97. The number of amides is 1. The number of hydrogen-bond acceptors (Lipinski definition) is 2. The maximum absolute atomic E-state index is 12.2. The van der Waals surface area contributed by atoms with Crippen LogP contribution in [-0.2, 0) is 10.2 Å². The van der Waals surface area contributed by atoms with Crippen molar-refractivity contribution in [1.29, 1.82) is 0 Å². The monoisotopic (exact) mass is 319 g/mol. The lowest BCUT2D eigenvalue weighted by Gasteiger charge is -2.45. The van der Waals surface area contributed by atoms with Gasteiger partial charge in [-0.05, 0) is 30.7 Å². The molecule has 130 valence electrons. The Labute approximate surface area is 141 Å². The molecule has 0 aromatic heterocycles. The predicted octanol–water partition coefficient (Wildman–Crippen LogP) is 4.03. The van der Waals surface area contributed by atoms with Gasteiger partial charge in [0.25, 0.3) is 0 Å². The van der Waals surface area contributed by atoms with Gasteiger partial charge >= 0.3 is 0 Å². The van der Waals surface area contributed by atoms with E-state index < -0.39 is 11.8 Å². The molecule has 3 unspecified atom stereocenters. The summed E-state index contributed by atoms with van der Waals surface area (Å²) in [5.41, 5.74) is 6.46. The van der Waals surface area contributed by atoms with E-state index >= 15 is 0 Å². The van der Waals surface area contributed by atoms with Crippen LogP contribution in [0.5, 0.6) is 0 Å².